The Kier molecular flexibility index (Phi) is 4.94. The predicted octanol–water partition coefficient (Wildman–Crippen LogP) is 2.31. The summed E-state index contributed by atoms with van der Waals surface area (Å²) in [6.45, 7) is 2.18. The van der Waals surface area contributed by atoms with E-state index < -0.39 is 6.17 Å². The van der Waals surface area contributed by atoms with Crippen LogP contribution in [0.2, 0.25) is 0 Å². The average molecular weight is 412 g/mol. The Morgan fingerprint density at radius 2 is 2.23 bits per heavy atom. The zero-order valence-electron chi connectivity index (χ0n) is 16.9. The Hall–Kier alpha value is -2.87. The van der Waals surface area contributed by atoms with Gasteiger partial charge in [-0.2, -0.15) is 5.10 Å². The Balaban J connectivity index is 1.49. The minimum Gasteiger partial charge on any atom is -0.507 e. The second-order valence-electron chi connectivity index (χ2n) is 8.16. The fourth-order valence-electron chi connectivity index (χ4n) is 4.50. The number of hydrogen-bond acceptors (Lipinski definition) is 6. The largest absolute Gasteiger partial charge is 0.507 e. The minimum atomic E-state index is -0.882. The quantitative estimate of drug-likeness (QED) is 0.780. The van der Waals surface area contributed by atoms with Gasteiger partial charge in [0.15, 0.2) is 0 Å². The molecule has 0 radical (unpaired) electrons. The Labute approximate surface area is 174 Å². The summed E-state index contributed by atoms with van der Waals surface area (Å²) in [6.07, 6.45) is 4.38. The zero-order valence-corrected chi connectivity index (χ0v) is 16.9. The summed E-state index contributed by atoms with van der Waals surface area (Å²) in [5, 5.41) is 15.4. The van der Waals surface area contributed by atoms with E-state index in [4.69, 9.17) is 14.5 Å². The highest BCUT2D eigenvalue weighted by Gasteiger charge is 2.29. The molecule has 0 spiro atoms. The highest BCUT2D eigenvalue weighted by atomic mass is 19.1. The SMILES string of the molecule is CN1CC(N=C2NN=C(c3ccc4c(c3O)CCO4)CC3=COCC=C32)C[C@@H](F)C1. The monoisotopic (exact) mass is 412 g/mol. The third kappa shape index (κ3) is 3.56. The Bertz CT molecular complexity index is 975. The second-order valence-corrected chi connectivity index (χ2v) is 8.16. The van der Waals surface area contributed by atoms with Crippen LogP contribution in [0.5, 0.6) is 11.5 Å². The lowest BCUT2D eigenvalue weighted by Crippen LogP contribution is -2.42. The molecule has 0 amide bonds. The highest BCUT2D eigenvalue weighted by molar-refractivity contribution is 6.11. The molecule has 0 bridgehead atoms. The zero-order chi connectivity index (χ0) is 20.7. The van der Waals surface area contributed by atoms with Crippen molar-refractivity contribution >= 4 is 11.5 Å². The molecule has 1 saturated heterocycles. The van der Waals surface area contributed by atoms with Gasteiger partial charge in [0.25, 0.3) is 0 Å². The van der Waals surface area contributed by atoms with Crippen molar-refractivity contribution < 1.29 is 19.0 Å². The highest BCUT2D eigenvalue weighted by Crippen LogP contribution is 2.37. The number of amidine groups is 1. The molecule has 0 aromatic heterocycles. The fourth-order valence-corrected chi connectivity index (χ4v) is 4.50. The van der Waals surface area contributed by atoms with E-state index in [1.807, 2.05) is 30.2 Å². The van der Waals surface area contributed by atoms with Crippen LogP contribution in [0.3, 0.4) is 0 Å². The van der Waals surface area contributed by atoms with Gasteiger partial charge in [-0.15, -0.1) is 0 Å². The number of phenols is 1. The Morgan fingerprint density at radius 1 is 1.33 bits per heavy atom. The number of likely N-dealkylation sites (tertiary alicyclic amines) is 1. The smallest absolute Gasteiger partial charge is 0.149 e. The predicted molar refractivity (Wildman–Crippen MR) is 112 cm³/mol. The molecule has 2 atom stereocenters. The number of nitrogens with one attached hydrogen (secondary N) is 1. The molecule has 0 aliphatic carbocycles. The van der Waals surface area contributed by atoms with Crippen molar-refractivity contribution in [3.63, 3.8) is 0 Å². The number of alkyl halides is 1. The molecule has 4 aliphatic rings. The molecule has 158 valence electrons. The van der Waals surface area contributed by atoms with Gasteiger partial charge < -0.3 is 19.5 Å². The van der Waals surface area contributed by atoms with Gasteiger partial charge in [-0.25, -0.2) is 4.39 Å². The maximum Gasteiger partial charge on any atom is 0.149 e. The molecule has 1 aromatic rings. The van der Waals surface area contributed by atoms with Gasteiger partial charge in [-0.3, -0.25) is 10.4 Å². The summed E-state index contributed by atoms with van der Waals surface area (Å²) in [5.41, 5.74) is 7.12. The summed E-state index contributed by atoms with van der Waals surface area (Å²) in [4.78, 5) is 6.78. The van der Waals surface area contributed by atoms with Crippen molar-refractivity contribution in [2.45, 2.75) is 31.5 Å². The van der Waals surface area contributed by atoms with E-state index in [-0.39, 0.29) is 11.8 Å². The number of fused-ring (bicyclic) bond motifs is 2. The van der Waals surface area contributed by atoms with Crippen LogP contribution in [0.25, 0.3) is 0 Å². The van der Waals surface area contributed by atoms with Crippen LogP contribution in [0, 0.1) is 0 Å². The number of piperidine rings is 1. The van der Waals surface area contributed by atoms with E-state index in [0.29, 0.717) is 62.7 Å². The van der Waals surface area contributed by atoms with E-state index in [1.54, 1.807) is 6.26 Å². The van der Waals surface area contributed by atoms with Crippen LogP contribution < -0.4 is 10.2 Å². The maximum atomic E-state index is 14.0. The van der Waals surface area contributed by atoms with Gasteiger partial charge in [0, 0.05) is 54.6 Å². The molecule has 0 saturated carbocycles. The van der Waals surface area contributed by atoms with Crippen LogP contribution in [0.15, 0.2) is 45.7 Å². The third-order valence-corrected chi connectivity index (χ3v) is 5.90. The first-order valence-electron chi connectivity index (χ1n) is 10.3. The molecule has 1 unspecified atom stereocenters. The van der Waals surface area contributed by atoms with Crippen molar-refractivity contribution in [2.75, 3.05) is 33.4 Å². The van der Waals surface area contributed by atoms with Crippen molar-refractivity contribution in [3.05, 3.63) is 46.7 Å². The number of hydrogen-bond donors (Lipinski definition) is 2. The Morgan fingerprint density at radius 3 is 3.10 bits per heavy atom. The van der Waals surface area contributed by atoms with Crippen molar-refractivity contribution in [3.8, 4) is 11.5 Å². The maximum absolute atomic E-state index is 14.0. The number of hydrazone groups is 1. The first kappa shape index (κ1) is 19.1. The summed E-state index contributed by atoms with van der Waals surface area (Å²) in [5.74, 6) is 1.56. The lowest BCUT2D eigenvalue weighted by Gasteiger charge is -2.30. The number of aliphatic imine (C=N–C) groups is 1. The molecular weight excluding hydrogens is 387 g/mol. The van der Waals surface area contributed by atoms with E-state index in [9.17, 15) is 9.50 Å². The number of nitrogens with zero attached hydrogens (tertiary/aromatic N) is 3. The standard InChI is InChI=1S/C22H25FN4O3/c1-27-10-14(23)9-15(11-27)24-22-16-4-6-29-12-13(16)8-19(25-26-22)17-2-3-20-18(21(17)28)5-7-30-20/h2-4,12,14-15,28H,5-11H2,1H3,(H,24,26)/t14-,15?/m1/s1. The molecule has 2 N–H and O–H groups in total. The topological polar surface area (TPSA) is 78.7 Å². The van der Waals surface area contributed by atoms with E-state index >= 15 is 0 Å². The molecule has 8 heteroatoms. The van der Waals surface area contributed by atoms with Crippen LogP contribution in [-0.2, 0) is 11.2 Å². The molecule has 7 nitrogen and oxygen atoms in total. The van der Waals surface area contributed by atoms with Gasteiger partial charge in [-0.05, 0) is 25.3 Å². The van der Waals surface area contributed by atoms with Gasteiger partial charge in [0.1, 0.15) is 30.1 Å². The van der Waals surface area contributed by atoms with E-state index in [2.05, 4.69) is 10.5 Å². The number of likely N-dealkylation sites (N-methyl/N-ethyl adjacent to an activating group) is 1. The normalized spacial score (nSPS) is 27.5. The van der Waals surface area contributed by atoms with E-state index in [1.165, 1.54) is 0 Å². The van der Waals surface area contributed by atoms with Gasteiger partial charge in [0.05, 0.1) is 24.6 Å². The number of aromatic hydroxyl groups is 1. The fraction of sp³-hybridized carbons (Fsp3) is 0.455. The molecule has 1 aromatic carbocycles. The number of ether oxygens (including phenoxy) is 2. The van der Waals surface area contributed by atoms with E-state index in [0.717, 1.165) is 22.5 Å². The molecule has 5 rings (SSSR count). The van der Waals surface area contributed by atoms with Crippen LogP contribution >= 0.6 is 0 Å². The van der Waals surface area contributed by atoms with Gasteiger partial charge in [-0.1, -0.05) is 0 Å². The third-order valence-electron chi connectivity index (χ3n) is 5.90. The van der Waals surface area contributed by atoms with Crippen molar-refractivity contribution in [2.24, 2.45) is 10.1 Å². The van der Waals surface area contributed by atoms with Crippen molar-refractivity contribution in [1.29, 1.82) is 0 Å². The number of phenolic OH excluding ortho intramolecular Hbond substituents is 1. The summed E-state index contributed by atoms with van der Waals surface area (Å²) >= 11 is 0. The summed E-state index contributed by atoms with van der Waals surface area (Å²) in [6, 6.07) is 3.56. The number of halogens is 1. The number of rotatable bonds is 2. The average Bonchev–Trinajstić information content (AvgIpc) is 3.13. The van der Waals surface area contributed by atoms with Crippen LogP contribution in [0.4, 0.5) is 4.39 Å². The van der Waals surface area contributed by atoms with Crippen LogP contribution in [-0.4, -0.2) is 67.1 Å². The number of benzene rings is 1. The molecule has 1 fully saturated rings. The van der Waals surface area contributed by atoms with Gasteiger partial charge >= 0.3 is 0 Å². The minimum absolute atomic E-state index is 0.145. The molecular formula is C22H25FN4O3. The summed E-state index contributed by atoms with van der Waals surface area (Å²) in [7, 11) is 1.91. The first-order chi connectivity index (χ1) is 14.6. The summed E-state index contributed by atoms with van der Waals surface area (Å²) < 4.78 is 25.1. The molecule has 4 heterocycles. The molecule has 30 heavy (non-hydrogen) atoms. The lowest BCUT2D eigenvalue weighted by molar-refractivity contribution is 0.148. The lowest BCUT2D eigenvalue weighted by atomic mass is 9.94. The first-order valence-corrected chi connectivity index (χ1v) is 10.3. The second kappa shape index (κ2) is 7.75. The van der Waals surface area contributed by atoms with Crippen molar-refractivity contribution in [1.82, 2.24) is 10.3 Å². The van der Waals surface area contributed by atoms with Crippen LogP contribution in [0.1, 0.15) is 24.0 Å². The molecule has 4 aliphatic heterocycles. The van der Waals surface area contributed by atoms with Gasteiger partial charge in [0.2, 0.25) is 0 Å².